The highest BCUT2D eigenvalue weighted by molar-refractivity contribution is 7.86. The Hall–Kier alpha value is -1.39. The van der Waals surface area contributed by atoms with E-state index < -0.39 is 10.2 Å². The smallest absolute Gasteiger partial charge is 0.409 e. The molecule has 0 saturated carbocycles. The van der Waals surface area contributed by atoms with Crippen LogP contribution < -0.4 is 0 Å². The fourth-order valence-corrected chi connectivity index (χ4v) is 4.36. The molecule has 0 aromatic heterocycles. The highest BCUT2D eigenvalue weighted by Crippen LogP contribution is 2.22. The first-order valence-electron chi connectivity index (χ1n) is 8.65. The molecule has 1 unspecified atom stereocenters. The first kappa shape index (κ1) is 19.9. The summed E-state index contributed by atoms with van der Waals surface area (Å²) in [6.07, 6.45) is 1.01. The fourth-order valence-electron chi connectivity index (χ4n) is 3.17. The van der Waals surface area contributed by atoms with Crippen molar-refractivity contribution in [3.05, 3.63) is 0 Å². The molecule has 9 nitrogen and oxygen atoms in total. The molecule has 2 aliphatic rings. The molecular weight excluding hydrogens is 348 g/mol. The molecule has 0 aromatic carbocycles. The Labute approximate surface area is 149 Å². The Bertz CT molecular complexity index is 587. The fraction of sp³-hybridized carbons (Fsp3) is 0.867. The Morgan fingerprint density at radius 1 is 1.08 bits per heavy atom. The molecule has 1 atom stereocenters. The summed E-state index contributed by atoms with van der Waals surface area (Å²) in [5.41, 5.74) is 0. The zero-order valence-corrected chi connectivity index (χ0v) is 16.0. The molecule has 2 amide bonds. The van der Waals surface area contributed by atoms with Crippen molar-refractivity contribution >= 4 is 22.2 Å². The van der Waals surface area contributed by atoms with E-state index in [2.05, 4.69) is 0 Å². The highest BCUT2D eigenvalue weighted by atomic mass is 32.2. The molecule has 0 aliphatic carbocycles. The van der Waals surface area contributed by atoms with Crippen LogP contribution in [0, 0.1) is 5.92 Å². The van der Waals surface area contributed by atoms with Gasteiger partial charge in [0.15, 0.2) is 0 Å². The molecule has 2 saturated heterocycles. The van der Waals surface area contributed by atoms with Crippen LogP contribution >= 0.6 is 0 Å². The van der Waals surface area contributed by atoms with Crippen LogP contribution in [0.15, 0.2) is 0 Å². The van der Waals surface area contributed by atoms with Crippen LogP contribution in [0.3, 0.4) is 0 Å². The molecular formula is C15H28N4O5S. The van der Waals surface area contributed by atoms with E-state index in [4.69, 9.17) is 4.74 Å². The minimum absolute atomic E-state index is 0.0258. The maximum absolute atomic E-state index is 12.8. The minimum Gasteiger partial charge on any atom is -0.450 e. The van der Waals surface area contributed by atoms with Gasteiger partial charge in [-0.2, -0.15) is 17.0 Å². The zero-order chi connectivity index (χ0) is 18.6. The number of ether oxygens (including phenoxy) is 1. The predicted octanol–water partition coefficient (Wildman–Crippen LogP) is -0.194. The van der Waals surface area contributed by atoms with Crippen molar-refractivity contribution in [2.24, 2.45) is 5.92 Å². The summed E-state index contributed by atoms with van der Waals surface area (Å²) in [7, 11) is -0.506. The number of amides is 2. The Balaban J connectivity index is 1.92. The van der Waals surface area contributed by atoms with Crippen molar-refractivity contribution in [2.45, 2.75) is 19.8 Å². The van der Waals surface area contributed by atoms with Crippen molar-refractivity contribution in [1.29, 1.82) is 0 Å². The second kappa shape index (κ2) is 8.33. The van der Waals surface area contributed by atoms with Gasteiger partial charge in [0.05, 0.1) is 12.5 Å². The summed E-state index contributed by atoms with van der Waals surface area (Å²) in [6, 6.07) is 0. The Kier molecular flexibility index (Phi) is 6.64. The van der Waals surface area contributed by atoms with E-state index in [0.717, 1.165) is 0 Å². The average molecular weight is 376 g/mol. The van der Waals surface area contributed by atoms with Crippen LogP contribution in [-0.2, 0) is 19.7 Å². The van der Waals surface area contributed by atoms with Crippen LogP contribution in [-0.4, -0.2) is 98.8 Å². The van der Waals surface area contributed by atoms with E-state index in [9.17, 15) is 18.0 Å². The van der Waals surface area contributed by atoms with E-state index in [-0.39, 0.29) is 24.5 Å². The van der Waals surface area contributed by atoms with Gasteiger partial charge in [-0.3, -0.25) is 4.79 Å². The second-order valence-corrected chi connectivity index (χ2v) is 8.64. The number of hydrogen-bond acceptors (Lipinski definition) is 5. The Morgan fingerprint density at radius 3 is 2.24 bits per heavy atom. The summed E-state index contributed by atoms with van der Waals surface area (Å²) >= 11 is 0. The third-order valence-corrected chi connectivity index (χ3v) is 6.55. The van der Waals surface area contributed by atoms with Crippen molar-refractivity contribution in [3.63, 3.8) is 0 Å². The number of carbonyl (C=O) groups is 2. The predicted molar refractivity (Wildman–Crippen MR) is 92.1 cm³/mol. The SMILES string of the molecule is CCOC(=O)N1CCN(C(=O)C2CCCN(S(=O)(=O)N(C)C)C2)CC1. The van der Waals surface area contributed by atoms with Gasteiger partial charge in [0.25, 0.3) is 10.2 Å². The molecule has 0 N–H and O–H groups in total. The lowest BCUT2D eigenvalue weighted by Gasteiger charge is -2.38. The molecule has 2 fully saturated rings. The van der Waals surface area contributed by atoms with E-state index in [0.29, 0.717) is 52.2 Å². The molecule has 144 valence electrons. The number of piperazine rings is 1. The quantitative estimate of drug-likeness (QED) is 0.678. The number of carbonyl (C=O) groups excluding carboxylic acids is 2. The molecule has 10 heteroatoms. The van der Waals surface area contributed by atoms with Gasteiger partial charge in [-0.15, -0.1) is 0 Å². The number of piperidine rings is 1. The van der Waals surface area contributed by atoms with Crippen molar-refractivity contribution < 1.29 is 22.7 Å². The maximum Gasteiger partial charge on any atom is 0.409 e. The van der Waals surface area contributed by atoms with E-state index in [1.54, 1.807) is 16.7 Å². The third-order valence-electron chi connectivity index (χ3n) is 4.64. The van der Waals surface area contributed by atoms with Gasteiger partial charge in [0.2, 0.25) is 5.91 Å². The van der Waals surface area contributed by atoms with Crippen molar-refractivity contribution in [3.8, 4) is 0 Å². The van der Waals surface area contributed by atoms with Crippen molar-refractivity contribution in [2.75, 3.05) is 60.0 Å². The lowest BCUT2D eigenvalue weighted by Crippen LogP contribution is -2.54. The lowest BCUT2D eigenvalue weighted by atomic mass is 9.98. The number of nitrogens with zero attached hydrogens (tertiary/aromatic N) is 4. The first-order valence-corrected chi connectivity index (χ1v) is 10.0. The van der Waals surface area contributed by atoms with Gasteiger partial charge in [-0.1, -0.05) is 0 Å². The van der Waals surface area contributed by atoms with Gasteiger partial charge < -0.3 is 14.5 Å². The number of rotatable bonds is 4. The molecule has 0 bridgehead atoms. The van der Waals surface area contributed by atoms with Crippen LogP contribution in [0.25, 0.3) is 0 Å². The largest absolute Gasteiger partial charge is 0.450 e. The minimum atomic E-state index is -3.50. The molecule has 0 radical (unpaired) electrons. The summed E-state index contributed by atoms with van der Waals surface area (Å²) in [4.78, 5) is 27.8. The van der Waals surface area contributed by atoms with E-state index in [1.165, 1.54) is 22.7 Å². The maximum atomic E-state index is 12.8. The molecule has 2 aliphatic heterocycles. The summed E-state index contributed by atoms with van der Waals surface area (Å²) in [5, 5.41) is 0. The molecule has 2 heterocycles. The topological polar surface area (TPSA) is 90.5 Å². The van der Waals surface area contributed by atoms with Crippen LogP contribution in [0.1, 0.15) is 19.8 Å². The lowest BCUT2D eigenvalue weighted by molar-refractivity contribution is -0.138. The average Bonchev–Trinajstić information content (AvgIpc) is 2.61. The molecule has 0 spiro atoms. The van der Waals surface area contributed by atoms with E-state index >= 15 is 0 Å². The van der Waals surface area contributed by atoms with Gasteiger partial charge in [0.1, 0.15) is 0 Å². The van der Waals surface area contributed by atoms with Gasteiger partial charge >= 0.3 is 6.09 Å². The van der Waals surface area contributed by atoms with Crippen LogP contribution in [0.4, 0.5) is 4.79 Å². The van der Waals surface area contributed by atoms with Crippen LogP contribution in [0.2, 0.25) is 0 Å². The summed E-state index contributed by atoms with van der Waals surface area (Å²) < 4.78 is 32.1. The monoisotopic (exact) mass is 376 g/mol. The molecule has 25 heavy (non-hydrogen) atoms. The molecule has 0 aromatic rings. The third kappa shape index (κ3) is 4.62. The van der Waals surface area contributed by atoms with Gasteiger partial charge in [-0.05, 0) is 19.8 Å². The zero-order valence-electron chi connectivity index (χ0n) is 15.2. The first-order chi connectivity index (χ1) is 11.8. The molecule has 2 rings (SSSR count). The number of hydrogen-bond donors (Lipinski definition) is 0. The Morgan fingerprint density at radius 2 is 1.68 bits per heavy atom. The standard InChI is InChI=1S/C15H28N4O5S/c1-4-24-15(21)18-10-8-17(9-11-18)14(20)13-6-5-7-19(12-13)25(22,23)16(2)3/h13H,4-12H2,1-3H3. The highest BCUT2D eigenvalue weighted by Gasteiger charge is 2.36. The van der Waals surface area contributed by atoms with Gasteiger partial charge in [-0.25, -0.2) is 4.79 Å². The van der Waals surface area contributed by atoms with Crippen LogP contribution in [0.5, 0.6) is 0 Å². The van der Waals surface area contributed by atoms with E-state index in [1.807, 2.05) is 0 Å². The van der Waals surface area contributed by atoms with Crippen molar-refractivity contribution in [1.82, 2.24) is 18.4 Å². The summed E-state index contributed by atoms with van der Waals surface area (Å²) in [5.74, 6) is -0.347. The summed E-state index contributed by atoms with van der Waals surface area (Å²) in [6.45, 7) is 4.54. The second-order valence-electron chi connectivity index (χ2n) is 6.50. The normalized spacial score (nSPS) is 23.0. The van der Waals surface area contributed by atoms with Gasteiger partial charge in [0, 0.05) is 53.4 Å².